The van der Waals surface area contributed by atoms with E-state index in [4.69, 9.17) is 0 Å². The minimum absolute atomic E-state index is 0.200. The monoisotopic (exact) mass is 338 g/mol. The quantitative estimate of drug-likeness (QED) is 0.826. The molecule has 0 amide bonds. The molecule has 1 atom stereocenters. The Morgan fingerprint density at radius 2 is 2.10 bits per heavy atom. The molecule has 1 aromatic carbocycles. The first kappa shape index (κ1) is 15.5. The Kier molecular flexibility index (Phi) is 5.24. The highest BCUT2D eigenvalue weighted by molar-refractivity contribution is 9.10. The van der Waals surface area contributed by atoms with Crippen LogP contribution in [0.25, 0.3) is 0 Å². The molecule has 1 saturated heterocycles. The van der Waals surface area contributed by atoms with Crippen molar-refractivity contribution in [1.29, 1.82) is 0 Å². The minimum Gasteiger partial charge on any atom is -0.507 e. The zero-order valence-corrected chi connectivity index (χ0v) is 13.8. The number of piperazine rings is 1. The van der Waals surface area contributed by atoms with Gasteiger partial charge in [0.15, 0.2) is 0 Å². The predicted molar refractivity (Wildman–Crippen MR) is 87.2 cm³/mol. The van der Waals surface area contributed by atoms with Crippen LogP contribution < -0.4 is 5.32 Å². The molecule has 0 unspecified atom stereocenters. The predicted octanol–water partition coefficient (Wildman–Crippen LogP) is 3.38. The Morgan fingerprint density at radius 1 is 1.45 bits per heavy atom. The summed E-state index contributed by atoms with van der Waals surface area (Å²) in [6, 6.07) is 4.19. The number of halogens is 1. The number of rotatable bonds is 4. The Morgan fingerprint density at radius 3 is 2.70 bits per heavy atom. The summed E-state index contributed by atoms with van der Waals surface area (Å²) in [4.78, 5) is 2.44. The Balaban J connectivity index is 2.37. The molecule has 1 aliphatic rings. The van der Waals surface area contributed by atoms with Crippen LogP contribution in [0.2, 0.25) is 0 Å². The second-order valence-electron chi connectivity index (χ2n) is 5.62. The SMILES string of the molecule is C=C(C)C[C@H](c1cc(Br)cc(C)c1O)N1CCNCC1. The fourth-order valence-electron chi connectivity index (χ4n) is 2.78. The van der Waals surface area contributed by atoms with Gasteiger partial charge in [0.1, 0.15) is 5.75 Å². The van der Waals surface area contributed by atoms with Crippen molar-refractivity contribution in [1.82, 2.24) is 10.2 Å². The van der Waals surface area contributed by atoms with Gasteiger partial charge in [0.05, 0.1) is 0 Å². The number of hydrogen-bond acceptors (Lipinski definition) is 3. The molecule has 2 N–H and O–H groups in total. The number of aryl methyl sites for hydroxylation is 1. The van der Waals surface area contributed by atoms with Gasteiger partial charge in [0.2, 0.25) is 0 Å². The molecule has 1 aromatic rings. The van der Waals surface area contributed by atoms with Crippen LogP contribution in [0.1, 0.15) is 30.5 Å². The minimum atomic E-state index is 0.200. The molecule has 0 radical (unpaired) electrons. The summed E-state index contributed by atoms with van der Waals surface area (Å²) in [5.74, 6) is 0.415. The van der Waals surface area contributed by atoms with E-state index in [2.05, 4.69) is 39.6 Å². The lowest BCUT2D eigenvalue weighted by molar-refractivity contribution is 0.169. The van der Waals surface area contributed by atoms with Crippen molar-refractivity contribution in [3.05, 3.63) is 39.9 Å². The maximum atomic E-state index is 10.4. The smallest absolute Gasteiger partial charge is 0.123 e. The average molecular weight is 339 g/mol. The van der Waals surface area contributed by atoms with E-state index in [0.717, 1.165) is 53.8 Å². The number of phenolic OH excluding ortho intramolecular Hbond substituents is 1. The van der Waals surface area contributed by atoms with Crippen LogP contribution in [0.5, 0.6) is 5.75 Å². The van der Waals surface area contributed by atoms with Crippen molar-refractivity contribution in [2.75, 3.05) is 26.2 Å². The molecule has 0 aromatic heterocycles. The molecule has 1 fully saturated rings. The Bertz CT molecular complexity index is 495. The average Bonchev–Trinajstić information content (AvgIpc) is 2.41. The van der Waals surface area contributed by atoms with Crippen LogP contribution >= 0.6 is 15.9 Å². The molecule has 20 heavy (non-hydrogen) atoms. The molecule has 1 aliphatic heterocycles. The van der Waals surface area contributed by atoms with E-state index >= 15 is 0 Å². The summed E-state index contributed by atoms with van der Waals surface area (Å²) >= 11 is 3.54. The van der Waals surface area contributed by atoms with Gasteiger partial charge in [0, 0.05) is 42.3 Å². The lowest BCUT2D eigenvalue weighted by atomic mass is 9.95. The lowest BCUT2D eigenvalue weighted by Crippen LogP contribution is -2.45. The third-order valence-corrected chi connectivity index (χ3v) is 4.25. The van der Waals surface area contributed by atoms with E-state index in [1.54, 1.807) is 0 Å². The molecular formula is C16H23BrN2O. The first-order valence-electron chi connectivity index (χ1n) is 7.07. The molecular weight excluding hydrogens is 316 g/mol. The van der Waals surface area contributed by atoms with Crippen LogP contribution in [0.4, 0.5) is 0 Å². The zero-order chi connectivity index (χ0) is 14.7. The summed E-state index contributed by atoms with van der Waals surface area (Å²) < 4.78 is 1.02. The maximum Gasteiger partial charge on any atom is 0.123 e. The molecule has 110 valence electrons. The molecule has 4 heteroatoms. The van der Waals surface area contributed by atoms with Gasteiger partial charge in [-0.05, 0) is 38.0 Å². The second kappa shape index (κ2) is 6.74. The molecule has 0 saturated carbocycles. The van der Waals surface area contributed by atoms with Crippen molar-refractivity contribution in [3.63, 3.8) is 0 Å². The fraction of sp³-hybridized carbons (Fsp3) is 0.500. The van der Waals surface area contributed by atoms with Gasteiger partial charge in [-0.15, -0.1) is 6.58 Å². The van der Waals surface area contributed by atoms with E-state index in [1.165, 1.54) is 0 Å². The van der Waals surface area contributed by atoms with Crippen LogP contribution in [-0.2, 0) is 0 Å². The lowest BCUT2D eigenvalue weighted by Gasteiger charge is -2.36. The standard InChI is InChI=1S/C16H23BrN2O/c1-11(2)8-15(19-6-4-18-5-7-19)14-10-13(17)9-12(3)16(14)20/h9-10,15,18,20H,1,4-8H2,2-3H3/t15-/m1/s1. The van der Waals surface area contributed by atoms with Gasteiger partial charge in [-0.1, -0.05) is 21.5 Å². The topological polar surface area (TPSA) is 35.5 Å². The van der Waals surface area contributed by atoms with Gasteiger partial charge in [-0.3, -0.25) is 4.90 Å². The normalized spacial score (nSPS) is 17.9. The number of benzene rings is 1. The highest BCUT2D eigenvalue weighted by Crippen LogP contribution is 2.37. The van der Waals surface area contributed by atoms with Crippen molar-refractivity contribution in [2.24, 2.45) is 0 Å². The third-order valence-electron chi connectivity index (χ3n) is 3.79. The van der Waals surface area contributed by atoms with Gasteiger partial charge in [0.25, 0.3) is 0 Å². The van der Waals surface area contributed by atoms with Crippen LogP contribution in [0.15, 0.2) is 28.8 Å². The van der Waals surface area contributed by atoms with E-state index in [-0.39, 0.29) is 6.04 Å². The van der Waals surface area contributed by atoms with Crippen molar-refractivity contribution in [3.8, 4) is 5.75 Å². The number of nitrogens with one attached hydrogen (secondary N) is 1. The first-order chi connectivity index (χ1) is 9.49. The largest absolute Gasteiger partial charge is 0.507 e. The van der Waals surface area contributed by atoms with Crippen molar-refractivity contribution >= 4 is 15.9 Å². The van der Waals surface area contributed by atoms with Crippen molar-refractivity contribution in [2.45, 2.75) is 26.3 Å². The first-order valence-corrected chi connectivity index (χ1v) is 7.86. The Hall–Kier alpha value is -0.840. The van der Waals surface area contributed by atoms with Crippen molar-refractivity contribution < 1.29 is 5.11 Å². The molecule has 0 bridgehead atoms. The van der Waals surface area contributed by atoms with Crippen LogP contribution in [0, 0.1) is 6.92 Å². The highest BCUT2D eigenvalue weighted by atomic mass is 79.9. The number of aromatic hydroxyl groups is 1. The Labute approximate surface area is 129 Å². The van der Waals surface area contributed by atoms with Gasteiger partial charge in [-0.25, -0.2) is 0 Å². The molecule has 0 spiro atoms. The van der Waals surface area contributed by atoms with E-state index in [9.17, 15) is 5.11 Å². The summed E-state index contributed by atoms with van der Waals surface area (Å²) in [5, 5.41) is 13.8. The van der Waals surface area contributed by atoms with E-state index in [0.29, 0.717) is 5.75 Å². The molecule has 0 aliphatic carbocycles. The number of nitrogens with zero attached hydrogens (tertiary/aromatic N) is 1. The molecule has 3 nitrogen and oxygen atoms in total. The van der Waals surface area contributed by atoms with Gasteiger partial charge in [-0.2, -0.15) is 0 Å². The number of phenols is 1. The van der Waals surface area contributed by atoms with E-state index in [1.807, 2.05) is 19.1 Å². The van der Waals surface area contributed by atoms with E-state index < -0.39 is 0 Å². The fourth-order valence-corrected chi connectivity index (χ4v) is 3.37. The van der Waals surface area contributed by atoms with Gasteiger partial charge < -0.3 is 10.4 Å². The van der Waals surface area contributed by atoms with Crippen LogP contribution in [-0.4, -0.2) is 36.2 Å². The number of hydrogen-bond donors (Lipinski definition) is 2. The summed E-state index contributed by atoms with van der Waals surface area (Å²) in [5.41, 5.74) is 3.06. The van der Waals surface area contributed by atoms with Crippen LogP contribution in [0.3, 0.4) is 0 Å². The van der Waals surface area contributed by atoms with Gasteiger partial charge >= 0.3 is 0 Å². The second-order valence-corrected chi connectivity index (χ2v) is 6.54. The highest BCUT2D eigenvalue weighted by Gasteiger charge is 2.25. The summed E-state index contributed by atoms with van der Waals surface area (Å²) in [6.07, 6.45) is 0.878. The zero-order valence-electron chi connectivity index (χ0n) is 12.2. The maximum absolute atomic E-state index is 10.4. The summed E-state index contributed by atoms with van der Waals surface area (Å²) in [6.45, 7) is 12.1. The molecule has 2 rings (SSSR count). The third kappa shape index (κ3) is 3.62. The summed E-state index contributed by atoms with van der Waals surface area (Å²) in [7, 11) is 0. The molecule has 1 heterocycles.